The van der Waals surface area contributed by atoms with E-state index < -0.39 is 5.54 Å². The molecule has 2 N–H and O–H groups in total. The van der Waals surface area contributed by atoms with Crippen LogP contribution in [-0.4, -0.2) is 59.2 Å². The number of rotatable bonds is 5. The van der Waals surface area contributed by atoms with Crippen LogP contribution in [0.3, 0.4) is 0 Å². The molecule has 2 aliphatic rings. The predicted octanol–water partition coefficient (Wildman–Crippen LogP) is 1.63. The molecule has 7 nitrogen and oxygen atoms in total. The Morgan fingerprint density at radius 1 is 1.17 bits per heavy atom. The van der Waals surface area contributed by atoms with Crippen LogP contribution in [0, 0.1) is 5.92 Å². The molecule has 0 radical (unpaired) electrons. The van der Waals surface area contributed by atoms with Gasteiger partial charge in [-0.3, -0.25) is 14.3 Å². The topological polar surface area (TPSA) is 79.3 Å². The molecular weight excluding hydrogens is 366 g/mol. The number of aromatic nitrogens is 2. The van der Waals surface area contributed by atoms with Gasteiger partial charge >= 0.3 is 0 Å². The molecule has 1 unspecified atom stereocenters. The van der Waals surface area contributed by atoms with Crippen molar-refractivity contribution < 1.29 is 9.59 Å². The van der Waals surface area contributed by atoms with E-state index in [0.717, 1.165) is 45.3 Å². The molecule has 0 aliphatic carbocycles. The molecule has 0 bridgehead atoms. The Balaban J connectivity index is 1.41. The van der Waals surface area contributed by atoms with Crippen LogP contribution in [0.15, 0.2) is 48.8 Å². The van der Waals surface area contributed by atoms with Crippen LogP contribution in [0.1, 0.15) is 36.0 Å². The van der Waals surface area contributed by atoms with E-state index in [1.165, 1.54) is 0 Å². The molecule has 0 saturated carbocycles. The Kier molecular flexibility index (Phi) is 5.94. The number of nitrogens with one attached hydrogen (secondary N) is 2. The number of hydrogen-bond acceptors (Lipinski definition) is 4. The molecule has 2 saturated heterocycles. The quantitative estimate of drug-likeness (QED) is 0.807. The molecule has 7 heteroatoms. The predicted molar refractivity (Wildman–Crippen MR) is 110 cm³/mol. The van der Waals surface area contributed by atoms with E-state index in [0.29, 0.717) is 18.7 Å². The molecule has 154 valence electrons. The van der Waals surface area contributed by atoms with Crippen molar-refractivity contribution in [2.24, 2.45) is 5.92 Å². The van der Waals surface area contributed by atoms with Crippen LogP contribution in [-0.2, 0) is 10.3 Å². The summed E-state index contributed by atoms with van der Waals surface area (Å²) in [5.41, 5.74) is 0.0767. The lowest BCUT2D eigenvalue weighted by molar-refractivity contribution is -0.145. The normalized spacial score (nSPS) is 21.5. The molecule has 1 aromatic heterocycles. The van der Waals surface area contributed by atoms with Crippen molar-refractivity contribution in [3.63, 3.8) is 0 Å². The third-order valence-electron chi connectivity index (χ3n) is 6.17. The molecule has 2 amide bonds. The fourth-order valence-corrected chi connectivity index (χ4v) is 4.54. The van der Waals surface area contributed by atoms with Gasteiger partial charge in [-0.15, -0.1) is 0 Å². The first-order chi connectivity index (χ1) is 14.2. The zero-order chi connectivity index (χ0) is 20.1. The number of carbonyl (C=O) groups is 2. The van der Waals surface area contributed by atoms with Crippen molar-refractivity contribution in [1.82, 2.24) is 25.3 Å². The standard InChI is InChI=1S/C22H29N5O2/c28-20(19-7-2-1-3-8-19)24-16-18-6-4-14-26(17-18)21(29)22(9-12-23-13-10-22)27-15-5-11-25-27/h1-3,5,7-8,11,15,18,23H,4,6,9-10,12-14,16-17H2,(H,24,28). The number of benzene rings is 1. The first-order valence-electron chi connectivity index (χ1n) is 10.5. The van der Waals surface area contributed by atoms with E-state index in [2.05, 4.69) is 15.7 Å². The lowest BCUT2D eigenvalue weighted by atomic mass is 9.85. The third kappa shape index (κ3) is 4.19. The summed E-state index contributed by atoms with van der Waals surface area (Å²) in [5.74, 6) is 0.388. The van der Waals surface area contributed by atoms with Gasteiger partial charge in [0.2, 0.25) is 0 Å². The number of nitrogens with zero attached hydrogens (tertiary/aromatic N) is 3. The molecular formula is C22H29N5O2. The summed E-state index contributed by atoms with van der Waals surface area (Å²) in [4.78, 5) is 28.0. The minimum Gasteiger partial charge on any atom is -0.352 e. The highest BCUT2D eigenvalue weighted by atomic mass is 16.2. The van der Waals surface area contributed by atoms with Gasteiger partial charge in [0.15, 0.2) is 0 Å². The highest BCUT2D eigenvalue weighted by Crippen LogP contribution is 2.31. The molecule has 29 heavy (non-hydrogen) atoms. The summed E-state index contributed by atoms with van der Waals surface area (Å²) in [7, 11) is 0. The second-order valence-corrected chi connectivity index (χ2v) is 8.07. The van der Waals surface area contributed by atoms with Crippen molar-refractivity contribution in [1.29, 1.82) is 0 Å². The van der Waals surface area contributed by atoms with Crippen molar-refractivity contribution in [2.75, 3.05) is 32.7 Å². The zero-order valence-electron chi connectivity index (χ0n) is 16.7. The average Bonchev–Trinajstić information content (AvgIpc) is 3.34. The second-order valence-electron chi connectivity index (χ2n) is 8.07. The maximum atomic E-state index is 13.6. The summed E-state index contributed by atoms with van der Waals surface area (Å²) in [6.07, 6.45) is 7.14. The number of likely N-dealkylation sites (tertiary alicyclic amines) is 1. The van der Waals surface area contributed by atoms with Gasteiger partial charge in [0.05, 0.1) is 0 Å². The van der Waals surface area contributed by atoms with Gasteiger partial charge in [-0.1, -0.05) is 18.2 Å². The van der Waals surface area contributed by atoms with Gasteiger partial charge in [-0.2, -0.15) is 5.10 Å². The van der Waals surface area contributed by atoms with Gasteiger partial charge < -0.3 is 15.5 Å². The van der Waals surface area contributed by atoms with Crippen LogP contribution in [0.25, 0.3) is 0 Å². The van der Waals surface area contributed by atoms with E-state index in [1.54, 1.807) is 6.20 Å². The zero-order valence-corrected chi connectivity index (χ0v) is 16.7. The van der Waals surface area contributed by atoms with Crippen molar-refractivity contribution in [2.45, 2.75) is 31.2 Å². The Hall–Kier alpha value is -2.67. The summed E-state index contributed by atoms with van der Waals surface area (Å²) >= 11 is 0. The van der Waals surface area contributed by atoms with Gasteiger partial charge in [-0.25, -0.2) is 0 Å². The summed E-state index contributed by atoms with van der Waals surface area (Å²) in [6, 6.07) is 11.1. The lowest BCUT2D eigenvalue weighted by Gasteiger charge is -2.42. The van der Waals surface area contributed by atoms with Gasteiger partial charge in [0, 0.05) is 37.6 Å². The van der Waals surface area contributed by atoms with E-state index in [4.69, 9.17) is 0 Å². The number of piperidine rings is 2. The number of amides is 2. The van der Waals surface area contributed by atoms with Crippen molar-refractivity contribution in [3.8, 4) is 0 Å². The summed E-state index contributed by atoms with van der Waals surface area (Å²) in [5, 5.41) is 10.8. The molecule has 1 aromatic carbocycles. The fourth-order valence-electron chi connectivity index (χ4n) is 4.54. The van der Waals surface area contributed by atoms with Crippen LogP contribution in [0.5, 0.6) is 0 Å². The maximum Gasteiger partial charge on any atom is 0.251 e. The molecule has 4 rings (SSSR count). The first kappa shape index (κ1) is 19.6. The Morgan fingerprint density at radius 2 is 1.97 bits per heavy atom. The van der Waals surface area contributed by atoms with Crippen LogP contribution in [0.2, 0.25) is 0 Å². The van der Waals surface area contributed by atoms with Crippen molar-refractivity contribution >= 4 is 11.8 Å². The summed E-state index contributed by atoms with van der Waals surface area (Å²) < 4.78 is 1.86. The lowest BCUT2D eigenvalue weighted by Crippen LogP contribution is -2.57. The van der Waals surface area contributed by atoms with Gasteiger partial charge in [0.1, 0.15) is 5.54 Å². The average molecular weight is 396 g/mol. The highest BCUT2D eigenvalue weighted by Gasteiger charge is 2.45. The van der Waals surface area contributed by atoms with Crippen LogP contribution >= 0.6 is 0 Å². The number of carbonyl (C=O) groups excluding carboxylic acids is 2. The van der Waals surface area contributed by atoms with Crippen LogP contribution in [0.4, 0.5) is 0 Å². The second kappa shape index (κ2) is 8.78. The Bertz CT molecular complexity index is 815. The van der Waals surface area contributed by atoms with Gasteiger partial charge in [0.25, 0.3) is 11.8 Å². The van der Waals surface area contributed by atoms with E-state index in [-0.39, 0.29) is 17.7 Å². The molecule has 2 aliphatic heterocycles. The van der Waals surface area contributed by atoms with Crippen molar-refractivity contribution in [3.05, 3.63) is 54.4 Å². The first-order valence-corrected chi connectivity index (χ1v) is 10.5. The molecule has 2 fully saturated rings. The highest BCUT2D eigenvalue weighted by molar-refractivity contribution is 5.94. The number of hydrogen-bond donors (Lipinski definition) is 2. The van der Waals surface area contributed by atoms with E-state index in [1.807, 2.05) is 52.2 Å². The monoisotopic (exact) mass is 395 g/mol. The summed E-state index contributed by atoms with van der Waals surface area (Å²) in [6.45, 7) is 3.68. The van der Waals surface area contributed by atoms with E-state index in [9.17, 15) is 9.59 Å². The molecule has 1 atom stereocenters. The molecule has 0 spiro atoms. The molecule has 3 heterocycles. The largest absolute Gasteiger partial charge is 0.352 e. The van der Waals surface area contributed by atoms with Gasteiger partial charge in [-0.05, 0) is 62.9 Å². The minimum absolute atomic E-state index is 0.0552. The minimum atomic E-state index is -0.593. The van der Waals surface area contributed by atoms with E-state index >= 15 is 0 Å². The molecule has 2 aromatic rings. The third-order valence-corrected chi connectivity index (χ3v) is 6.17. The SMILES string of the molecule is O=C(NCC1CCCN(C(=O)C2(n3cccn3)CCNCC2)C1)c1ccccc1. The maximum absolute atomic E-state index is 13.6. The smallest absolute Gasteiger partial charge is 0.251 e. The fraction of sp³-hybridized carbons (Fsp3) is 0.500. The Morgan fingerprint density at radius 3 is 2.69 bits per heavy atom. The Labute approximate surface area is 171 Å². The van der Waals surface area contributed by atoms with Crippen LogP contribution < -0.4 is 10.6 Å².